The highest BCUT2D eigenvalue weighted by molar-refractivity contribution is 7.98. The van der Waals surface area contributed by atoms with E-state index in [-0.39, 0.29) is 0 Å². The fraction of sp³-hybridized carbons (Fsp3) is 0.136. The first-order valence-corrected chi connectivity index (χ1v) is 10.9. The molecule has 8 heteroatoms. The Morgan fingerprint density at radius 3 is 2.17 bits per heavy atom. The number of halogens is 2. The largest absolute Gasteiger partial charge is 0.495 e. The monoisotopic (exact) mass is 457 g/mol. The van der Waals surface area contributed by atoms with Crippen LogP contribution in [0.1, 0.15) is 0 Å². The van der Waals surface area contributed by atoms with Crippen LogP contribution in [0, 0.1) is 0 Å². The molecule has 0 aliphatic carbocycles. The average molecular weight is 458 g/mol. The van der Waals surface area contributed by atoms with Crippen molar-refractivity contribution in [2.75, 3.05) is 20.5 Å². The second-order valence-electron chi connectivity index (χ2n) is 6.30. The lowest BCUT2D eigenvalue weighted by molar-refractivity contribution is 0.395. The molecule has 2 aromatic heterocycles. The first kappa shape index (κ1) is 20.7. The van der Waals surface area contributed by atoms with Gasteiger partial charge in [0.05, 0.1) is 35.7 Å². The molecule has 0 atom stereocenters. The second kappa shape index (κ2) is 8.68. The van der Waals surface area contributed by atoms with E-state index in [9.17, 15) is 0 Å². The van der Waals surface area contributed by atoms with Crippen molar-refractivity contribution < 1.29 is 9.47 Å². The lowest BCUT2D eigenvalue weighted by Gasteiger charge is -2.16. The number of hydrogen-bond acceptors (Lipinski definition) is 6. The molecule has 0 fully saturated rings. The molecule has 0 saturated heterocycles. The number of pyridine rings is 1. The average Bonchev–Trinajstić information content (AvgIpc) is 2.79. The number of aromatic nitrogens is 3. The molecule has 152 valence electrons. The van der Waals surface area contributed by atoms with Crippen molar-refractivity contribution in [3.05, 3.63) is 58.7 Å². The third-order valence-electron chi connectivity index (χ3n) is 4.60. The van der Waals surface area contributed by atoms with Crippen molar-refractivity contribution in [1.82, 2.24) is 15.0 Å². The standard InChI is InChI=1S/C22H17Cl2N3O2S/c1-28-15-10-16(29-2)19(24)17(18(15)23)14-9-13-11-25-22(30-3)27-21(13)20(26-14)12-7-5-4-6-8-12/h4-11H,1-3H3. The van der Waals surface area contributed by atoms with Crippen LogP contribution in [0.3, 0.4) is 0 Å². The summed E-state index contributed by atoms with van der Waals surface area (Å²) in [4.78, 5) is 14.0. The van der Waals surface area contributed by atoms with Crippen molar-refractivity contribution in [1.29, 1.82) is 0 Å². The van der Waals surface area contributed by atoms with Gasteiger partial charge in [-0.1, -0.05) is 65.3 Å². The van der Waals surface area contributed by atoms with Gasteiger partial charge < -0.3 is 9.47 Å². The van der Waals surface area contributed by atoms with Gasteiger partial charge >= 0.3 is 0 Å². The molecule has 0 amide bonds. The summed E-state index contributed by atoms with van der Waals surface area (Å²) in [5.74, 6) is 0.898. The summed E-state index contributed by atoms with van der Waals surface area (Å²) in [6.07, 6.45) is 3.72. The van der Waals surface area contributed by atoms with Crippen LogP contribution in [0.5, 0.6) is 11.5 Å². The summed E-state index contributed by atoms with van der Waals surface area (Å²) in [6, 6.07) is 13.4. The number of methoxy groups -OCH3 is 2. The number of rotatable bonds is 5. The Balaban J connectivity index is 2.07. The van der Waals surface area contributed by atoms with E-state index < -0.39 is 0 Å². The van der Waals surface area contributed by atoms with Gasteiger partial charge in [0, 0.05) is 28.8 Å². The molecule has 0 spiro atoms. The van der Waals surface area contributed by atoms with Crippen LogP contribution in [0.15, 0.2) is 53.8 Å². The molecular weight excluding hydrogens is 441 g/mol. The maximum absolute atomic E-state index is 6.64. The molecule has 0 saturated carbocycles. The predicted octanol–water partition coefficient (Wildman–Crippen LogP) is 6.40. The maximum atomic E-state index is 6.64. The third-order valence-corrected chi connectivity index (χ3v) is 5.92. The van der Waals surface area contributed by atoms with Crippen LogP contribution in [0.4, 0.5) is 0 Å². The lowest BCUT2D eigenvalue weighted by Crippen LogP contribution is -1.98. The molecular formula is C22H17Cl2N3O2S. The Morgan fingerprint density at radius 2 is 1.57 bits per heavy atom. The minimum Gasteiger partial charge on any atom is -0.495 e. The number of ether oxygens (including phenoxy) is 2. The molecule has 0 aliphatic rings. The van der Waals surface area contributed by atoms with Gasteiger partial charge in [-0.15, -0.1) is 0 Å². The fourth-order valence-electron chi connectivity index (χ4n) is 3.16. The summed E-state index contributed by atoms with van der Waals surface area (Å²) in [7, 11) is 3.08. The quantitative estimate of drug-likeness (QED) is 0.255. The SMILES string of the molecule is COc1cc(OC)c(Cl)c(-c2cc3cnc(SC)nc3c(-c3ccccc3)n2)c1Cl. The van der Waals surface area contributed by atoms with Crippen molar-refractivity contribution in [2.24, 2.45) is 0 Å². The molecule has 0 aliphatic heterocycles. The normalized spacial score (nSPS) is 11.0. The van der Waals surface area contributed by atoms with E-state index in [1.807, 2.05) is 42.7 Å². The molecule has 30 heavy (non-hydrogen) atoms. The summed E-state index contributed by atoms with van der Waals surface area (Å²) >= 11 is 14.7. The van der Waals surface area contributed by atoms with Gasteiger partial charge in [0.15, 0.2) is 5.16 Å². The Bertz CT molecular complexity index is 1210. The van der Waals surface area contributed by atoms with E-state index in [2.05, 4.69) is 4.98 Å². The van der Waals surface area contributed by atoms with Crippen LogP contribution < -0.4 is 9.47 Å². The zero-order valence-corrected chi connectivity index (χ0v) is 18.8. The Morgan fingerprint density at radius 1 is 0.900 bits per heavy atom. The van der Waals surface area contributed by atoms with Crippen LogP contribution in [0.2, 0.25) is 10.0 Å². The number of hydrogen-bond donors (Lipinski definition) is 0. The smallest absolute Gasteiger partial charge is 0.187 e. The van der Waals surface area contributed by atoms with Gasteiger partial charge in [0.25, 0.3) is 0 Å². The highest BCUT2D eigenvalue weighted by atomic mass is 35.5. The maximum Gasteiger partial charge on any atom is 0.187 e. The van der Waals surface area contributed by atoms with Gasteiger partial charge in [-0.05, 0) is 12.3 Å². The van der Waals surface area contributed by atoms with Crippen molar-refractivity contribution in [3.8, 4) is 34.0 Å². The van der Waals surface area contributed by atoms with Crippen molar-refractivity contribution in [3.63, 3.8) is 0 Å². The fourth-order valence-corrected chi connectivity index (χ4v) is 4.19. The molecule has 0 unspecified atom stereocenters. The summed E-state index contributed by atoms with van der Waals surface area (Å²) in [6.45, 7) is 0. The molecule has 4 aromatic rings. The number of fused-ring (bicyclic) bond motifs is 1. The van der Waals surface area contributed by atoms with Gasteiger partial charge in [-0.25, -0.2) is 15.0 Å². The van der Waals surface area contributed by atoms with Gasteiger partial charge in [-0.2, -0.15) is 0 Å². The lowest BCUT2D eigenvalue weighted by atomic mass is 10.0. The van der Waals surface area contributed by atoms with E-state index in [0.717, 1.165) is 22.2 Å². The van der Waals surface area contributed by atoms with E-state index in [4.69, 9.17) is 42.6 Å². The third kappa shape index (κ3) is 3.67. The van der Waals surface area contributed by atoms with E-state index in [1.54, 1.807) is 26.5 Å². The zero-order chi connectivity index (χ0) is 21.3. The summed E-state index contributed by atoms with van der Waals surface area (Å²) < 4.78 is 10.8. The van der Waals surface area contributed by atoms with Gasteiger partial charge in [0.1, 0.15) is 17.0 Å². The Kier molecular flexibility index (Phi) is 5.99. The molecule has 2 aromatic carbocycles. The van der Waals surface area contributed by atoms with Crippen molar-refractivity contribution >= 4 is 45.9 Å². The predicted molar refractivity (Wildman–Crippen MR) is 123 cm³/mol. The number of nitrogens with zero attached hydrogens (tertiary/aromatic N) is 3. The summed E-state index contributed by atoms with van der Waals surface area (Å²) in [5, 5.41) is 2.21. The first-order chi connectivity index (χ1) is 14.6. The highest BCUT2D eigenvalue weighted by Gasteiger charge is 2.22. The van der Waals surface area contributed by atoms with Crippen LogP contribution in [-0.2, 0) is 0 Å². The van der Waals surface area contributed by atoms with Crippen LogP contribution >= 0.6 is 35.0 Å². The van der Waals surface area contributed by atoms with Gasteiger partial charge in [-0.3, -0.25) is 0 Å². The van der Waals surface area contributed by atoms with Gasteiger partial charge in [0.2, 0.25) is 0 Å². The second-order valence-corrected chi connectivity index (χ2v) is 7.83. The topological polar surface area (TPSA) is 57.1 Å². The number of benzene rings is 2. The molecule has 0 N–H and O–H groups in total. The van der Waals surface area contributed by atoms with Crippen LogP contribution in [0.25, 0.3) is 33.4 Å². The minimum absolute atomic E-state index is 0.357. The summed E-state index contributed by atoms with van der Waals surface area (Å²) in [5.41, 5.74) is 3.51. The molecule has 0 bridgehead atoms. The minimum atomic E-state index is 0.357. The molecule has 5 nitrogen and oxygen atoms in total. The first-order valence-electron chi connectivity index (χ1n) is 8.95. The molecule has 2 heterocycles. The Hall–Kier alpha value is -2.54. The Labute approximate surface area is 188 Å². The zero-order valence-electron chi connectivity index (χ0n) is 16.4. The van der Waals surface area contributed by atoms with E-state index in [1.165, 1.54) is 11.8 Å². The highest BCUT2D eigenvalue weighted by Crippen LogP contribution is 2.46. The van der Waals surface area contributed by atoms with E-state index in [0.29, 0.717) is 38.0 Å². The molecule has 0 radical (unpaired) electrons. The van der Waals surface area contributed by atoms with Crippen molar-refractivity contribution in [2.45, 2.75) is 5.16 Å². The van der Waals surface area contributed by atoms with E-state index >= 15 is 0 Å². The molecule has 4 rings (SSSR count). The number of thioether (sulfide) groups is 1. The van der Waals surface area contributed by atoms with Crippen LogP contribution in [-0.4, -0.2) is 35.4 Å².